The highest BCUT2D eigenvalue weighted by atomic mass is 19.3. The molecule has 0 radical (unpaired) electrons. The molecule has 1 rings (SSSR count). The number of likely N-dealkylation sites (tertiary alicyclic amines) is 1. The van der Waals surface area contributed by atoms with Gasteiger partial charge in [0.15, 0.2) is 0 Å². The molecule has 0 aromatic rings. The van der Waals surface area contributed by atoms with Crippen molar-refractivity contribution in [3.63, 3.8) is 0 Å². The van der Waals surface area contributed by atoms with E-state index in [0.717, 1.165) is 19.5 Å². The van der Waals surface area contributed by atoms with Gasteiger partial charge in [0.2, 0.25) is 0 Å². The molecular formula is C10H20F2N2O. The first-order valence-electron chi connectivity index (χ1n) is 5.40. The van der Waals surface area contributed by atoms with Crippen molar-refractivity contribution in [1.82, 2.24) is 4.90 Å². The Morgan fingerprint density at radius 1 is 1.47 bits per heavy atom. The highest BCUT2D eigenvalue weighted by Gasteiger charge is 2.28. The Kier molecular flexibility index (Phi) is 4.89. The highest BCUT2D eigenvalue weighted by molar-refractivity contribution is 4.85. The van der Waals surface area contributed by atoms with E-state index in [4.69, 9.17) is 10.5 Å². The minimum Gasteiger partial charge on any atom is -0.371 e. The standard InChI is InChI=1S/C10H20F2N2O/c1-7(2)14-4-3-9(8(13)5-14)15-6-10(11)12/h7-10H,3-6,13H2,1-2H3/t8-,9+/m0/s1. The summed E-state index contributed by atoms with van der Waals surface area (Å²) >= 11 is 0. The number of halogens is 2. The topological polar surface area (TPSA) is 38.5 Å². The van der Waals surface area contributed by atoms with Gasteiger partial charge in [0, 0.05) is 25.2 Å². The van der Waals surface area contributed by atoms with E-state index in [1.807, 2.05) is 0 Å². The van der Waals surface area contributed by atoms with Crippen molar-refractivity contribution in [3.8, 4) is 0 Å². The van der Waals surface area contributed by atoms with Crippen molar-refractivity contribution in [2.45, 2.75) is 44.9 Å². The molecule has 1 heterocycles. The molecule has 0 aliphatic carbocycles. The van der Waals surface area contributed by atoms with Gasteiger partial charge in [-0.05, 0) is 20.3 Å². The minimum atomic E-state index is -2.40. The zero-order valence-electron chi connectivity index (χ0n) is 9.33. The third-order valence-corrected chi connectivity index (χ3v) is 2.79. The summed E-state index contributed by atoms with van der Waals surface area (Å²) in [6, 6.07) is 0.298. The van der Waals surface area contributed by atoms with Gasteiger partial charge in [-0.1, -0.05) is 0 Å². The number of piperidine rings is 1. The average molecular weight is 222 g/mol. The minimum absolute atomic E-state index is 0.153. The molecule has 3 nitrogen and oxygen atoms in total. The van der Waals surface area contributed by atoms with Gasteiger partial charge in [-0.15, -0.1) is 0 Å². The Morgan fingerprint density at radius 3 is 2.60 bits per heavy atom. The maximum atomic E-state index is 11.9. The van der Waals surface area contributed by atoms with Crippen LogP contribution in [0.2, 0.25) is 0 Å². The number of ether oxygens (including phenoxy) is 1. The van der Waals surface area contributed by atoms with Crippen LogP contribution in [0.4, 0.5) is 8.78 Å². The van der Waals surface area contributed by atoms with Gasteiger partial charge in [0.25, 0.3) is 6.43 Å². The second kappa shape index (κ2) is 5.72. The number of nitrogens with zero attached hydrogens (tertiary/aromatic N) is 1. The van der Waals surface area contributed by atoms with E-state index in [0.29, 0.717) is 6.04 Å². The molecule has 15 heavy (non-hydrogen) atoms. The molecule has 0 aromatic carbocycles. The molecule has 0 amide bonds. The Morgan fingerprint density at radius 2 is 2.13 bits per heavy atom. The van der Waals surface area contributed by atoms with E-state index >= 15 is 0 Å². The number of alkyl halides is 2. The summed E-state index contributed by atoms with van der Waals surface area (Å²) in [4.78, 5) is 2.24. The summed E-state index contributed by atoms with van der Waals surface area (Å²) in [6.45, 7) is 5.31. The van der Waals surface area contributed by atoms with E-state index in [9.17, 15) is 8.78 Å². The van der Waals surface area contributed by atoms with Crippen LogP contribution in [0.25, 0.3) is 0 Å². The predicted molar refractivity (Wildman–Crippen MR) is 55.0 cm³/mol. The molecule has 0 saturated carbocycles. The van der Waals surface area contributed by atoms with E-state index in [-0.39, 0.29) is 12.1 Å². The van der Waals surface area contributed by atoms with Crippen molar-refractivity contribution in [2.24, 2.45) is 5.73 Å². The molecule has 0 unspecified atom stereocenters. The molecule has 5 heteroatoms. The summed E-state index contributed by atoms with van der Waals surface area (Å²) in [7, 11) is 0. The van der Waals surface area contributed by atoms with Crippen molar-refractivity contribution in [2.75, 3.05) is 19.7 Å². The van der Waals surface area contributed by atoms with Gasteiger partial charge < -0.3 is 10.5 Å². The van der Waals surface area contributed by atoms with E-state index in [2.05, 4.69) is 18.7 Å². The van der Waals surface area contributed by atoms with Crippen LogP contribution in [0.3, 0.4) is 0 Å². The third-order valence-electron chi connectivity index (χ3n) is 2.79. The fourth-order valence-corrected chi connectivity index (χ4v) is 1.86. The van der Waals surface area contributed by atoms with Crippen molar-refractivity contribution < 1.29 is 13.5 Å². The SMILES string of the molecule is CC(C)N1CC[C@@H](OCC(F)F)[C@@H](N)C1. The fourth-order valence-electron chi connectivity index (χ4n) is 1.86. The fraction of sp³-hybridized carbons (Fsp3) is 1.00. The first-order valence-corrected chi connectivity index (χ1v) is 5.40. The zero-order chi connectivity index (χ0) is 11.4. The Bertz CT molecular complexity index is 190. The van der Waals surface area contributed by atoms with Crippen LogP contribution in [-0.4, -0.2) is 49.2 Å². The molecule has 1 saturated heterocycles. The lowest BCUT2D eigenvalue weighted by molar-refractivity contribution is -0.0575. The molecule has 1 aliphatic rings. The zero-order valence-corrected chi connectivity index (χ0v) is 9.33. The van der Waals surface area contributed by atoms with Crippen LogP contribution < -0.4 is 5.73 Å². The molecular weight excluding hydrogens is 202 g/mol. The lowest BCUT2D eigenvalue weighted by Gasteiger charge is -2.38. The summed E-state index contributed by atoms with van der Waals surface area (Å²) in [5, 5.41) is 0. The largest absolute Gasteiger partial charge is 0.371 e. The van der Waals surface area contributed by atoms with Gasteiger partial charge in [0.05, 0.1) is 6.10 Å². The van der Waals surface area contributed by atoms with Gasteiger partial charge in [-0.2, -0.15) is 0 Å². The number of hydrogen-bond acceptors (Lipinski definition) is 3. The Labute approximate surface area is 89.6 Å². The smallest absolute Gasteiger partial charge is 0.261 e. The number of nitrogens with two attached hydrogens (primary N) is 1. The van der Waals surface area contributed by atoms with Crippen LogP contribution in [0.1, 0.15) is 20.3 Å². The molecule has 1 fully saturated rings. The van der Waals surface area contributed by atoms with Crippen LogP contribution >= 0.6 is 0 Å². The van der Waals surface area contributed by atoms with Gasteiger partial charge in [0.1, 0.15) is 6.61 Å². The van der Waals surface area contributed by atoms with Gasteiger partial charge >= 0.3 is 0 Å². The van der Waals surface area contributed by atoms with Crippen LogP contribution in [0.5, 0.6) is 0 Å². The maximum absolute atomic E-state index is 11.9. The molecule has 2 N–H and O–H groups in total. The molecule has 0 spiro atoms. The second-order valence-corrected chi connectivity index (χ2v) is 4.30. The summed E-state index contributed by atoms with van der Waals surface area (Å²) in [5.74, 6) is 0. The lowest BCUT2D eigenvalue weighted by atomic mass is 10.0. The first kappa shape index (κ1) is 12.8. The summed E-state index contributed by atoms with van der Waals surface area (Å²) in [5.41, 5.74) is 5.88. The average Bonchev–Trinajstić information content (AvgIpc) is 2.15. The lowest BCUT2D eigenvalue weighted by Crippen LogP contribution is -2.54. The van der Waals surface area contributed by atoms with Crippen LogP contribution in [-0.2, 0) is 4.74 Å². The van der Waals surface area contributed by atoms with E-state index < -0.39 is 13.0 Å². The van der Waals surface area contributed by atoms with Crippen LogP contribution in [0, 0.1) is 0 Å². The quantitative estimate of drug-likeness (QED) is 0.773. The van der Waals surface area contributed by atoms with Gasteiger partial charge in [-0.3, -0.25) is 4.90 Å². The maximum Gasteiger partial charge on any atom is 0.261 e. The van der Waals surface area contributed by atoms with Gasteiger partial charge in [-0.25, -0.2) is 8.78 Å². The van der Waals surface area contributed by atoms with Crippen molar-refractivity contribution in [3.05, 3.63) is 0 Å². The van der Waals surface area contributed by atoms with Crippen LogP contribution in [0.15, 0.2) is 0 Å². The number of rotatable bonds is 4. The van der Waals surface area contributed by atoms with E-state index in [1.165, 1.54) is 0 Å². The first-order chi connectivity index (χ1) is 7.00. The molecule has 0 bridgehead atoms. The van der Waals surface area contributed by atoms with Crippen molar-refractivity contribution >= 4 is 0 Å². The monoisotopic (exact) mass is 222 g/mol. The highest BCUT2D eigenvalue weighted by Crippen LogP contribution is 2.15. The molecule has 0 aromatic heterocycles. The summed E-state index contributed by atoms with van der Waals surface area (Å²) in [6.07, 6.45) is -1.87. The van der Waals surface area contributed by atoms with E-state index in [1.54, 1.807) is 0 Å². The van der Waals surface area contributed by atoms with Crippen molar-refractivity contribution in [1.29, 1.82) is 0 Å². The second-order valence-electron chi connectivity index (χ2n) is 4.30. The molecule has 2 atom stereocenters. The predicted octanol–water partition coefficient (Wildman–Crippen LogP) is 1.08. The molecule has 90 valence electrons. The number of hydrogen-bond donors (Lipinski definition) is 1. The Balaban J connectivity index is 2.32. The Hall–Kier alpha value is -0.260. The summed E-state index contributed by atoms with van der Waals surface area (Å²) < 4.78 is 29.0. The third kappa shape index (κ3) is 4.01. The molecule has 1 aliphatic heterocycles. The normalized spacial score (nSPS) is 29.0.